The lowest BCUT2D eigenvalue weighted by molar-refractivity contribution is -0.379. The second-order valence-corrected chi connectivity index (χ2v) is 3.08. The first-order chi connectivity index (χ1) is 6.54. The molecule has 0 fully saturated rings. The van der Waals surface area contributed by atoms with Gasteiger partial charge < -0.3 is 19.7 Å². The van der Waals surface area contributed by atoms with Crippen molar-refractivity contribution in [3.8, 4) is 0 Å². The Balaban J connectivity index is 3.77. The van der Waals surface area contributed by atoms with Crippen LogP contribution in [-0.4, -0.2) is 42.1 Å². The Kier molecular flexibility index (Phi) is 7.04. The average Bonchev–Trinajstić information content (AvgIpc) is 2.14. The fourth-order valence-corrected chi connectivity index (χ4v) is 0.818. The molecule has 0 bridgehead atoms. The number of rotatable bonds is 8. The van der Waals surface area contributed by atoms with E-state index in [2.05, 4.69) is 0 Å². The smallest absolute Gasteiger partial charge is 0.305 e. The predicted molar refractivity (Wildman–Crippen MR) is 49.0 cm³/mol. The third-order valence-corrected chi connectivity index (χ3v) is 1.79. The van der Waals surface area contributed by atoms with Crippen LogP contribution in [0.5, 0.6) is 0 Å². The number of aliphatic hydroxyl groups is 2. The van der Waals surface area contributed by atoms with Gasteiger partial charge in [-0.2, -0.15) is 0 Å². The molecule has 2 N–H and O–H groups in total. The first-order valence-electron chi connectivity index (χ1n) is 4.83. The Morgan fingerprint density at radius 1 is 1.36 bits per heavy atom. The maximum absolute atomic E-state index is 10.1. The standard InChI is InChI=1S/C9H19O5/c1-3-4-6-14-9(11,12)8(2)13-7-5-10/h8,11-12H,3-7H2,1-2H3. The quantitative estimate of drug-likeness (QED) is 0.442. The Bertz CT molecular complexity index is 137. The van der Waals surface area contributed by atoms with Gasteiger partial charge in [-0.25, -0.2) is 5.11 Å². The third-order valence-electron chi connectivity index (χ3n) is 1.79. The minimum Gasteiger partial charge on any atom is -0.368 e. The molecule has 0 saturated carbocycles. The van der Waals surface area contributed by atoms with E-state index in [9.17, 15) is 15.3 Å². The van der Waals surface area contributed by atoms with E-state index in [-0.39, 0.29) is 13.2 Å². The summed E-state index contributed by atoms with van der Waals surface area (Å²) in [5.41, 5.74) is 0. The molecular formula is C9H19O5. The minimum atomic E-state index is -2.30. The van der Waals surface area contributed by atoms with E-state index in [1.807, 2.05) is 6.92 Å². The normalized spacial score (nSPS) is 14.4. The van der Waals surface area contributed by atoms with Crippen LogP contribution in [0, 0.1) is 0 Å². The molecule has 0 aliphatic carbocycles. The zero-order valence-corrected chi connectivity index (χ0v) is 8.73. The molecule has 0 rings (SSSR count). The molecule has 5 nitrogen and oxygen atoms in total. The molecule has 1 radical (unpaired) electrons. The van der Waals surface area contributed by atoms with Crippen LogP contribution in [0.25, 0.3) is 0 Å². The van der Waals surface area contributed by atoms with Gasteiger partial charge in [-0.05, 0) is 13.3 Å². The molecule has 0 aromatic carbocycles. The van der Waals surface area contributed by atoms with E-state index >= 15 is 0 Å². The van der Waals surface area contributed by atoms with Crippen LogP contribution < -0.4 is 0 Å². The summed E-state index contributed by atoms with van der Waals surface area (Å²) in [5.74, 6) is -2.30. The highest BCUT2D eigenvalue weighted by atomic mass is 16.8. The summed E-state index contributed by atoms with van der Waals surface area (Å²) >= 11 is 0. The van der Waals surface area contributed by atoms with Gasteiger partial charge in [0.25, 0.3) is 0 Å². The van der Waals surface area contributed by atoms with Gasteiger partial charge in [0.15, 0.2) is 0 Å². The number of ether oxygens (including phenoxy) is 2. The summed E-state index contributed by atoms with van der Waals surface area (Å²) in [6, 6.07) is 0. The number of hydrogen-bond donors (Lipinski definition) is 2. The van der Waals surface area contributed by atoms with E-state index in [0.29, 0.717) is 0 Å². The van der Waals surface area contributed by atoms with Crippen molar-refractivity contribution < 1.29 is 24.8 Å². The first-order valence-corrected chi connectivity index (χ1v) is 4.83. The van der Waals surface area contributed by atoms with E-state index in [1.54, 1.807) is 0 Å². The first kappa shape index (κ1) is 13.8. The van der Waals surface area contributed by atoms with Crippen LogP contribution in [0.4, 0.5) is 0 Å². The van der Waals surface area contributed by atoms with E-state index in [4.69, 9.17) is 9.47 Å². The molecular weight excluding hydrogens is 188 g/mol. The monoisotopic (exact) mass is 207 g/mol. The van der Waals surface area contributed by atoms with Crippen LogP contribution in [0.1, 0.15) is 26.7 Å². The van der Waals surface area contributed by atoms with Crippen molar-refractivity contribution in [3.63, 3.8) is 0 Å². The van der Waals surface area contributed by atoms with Crippen molar-refractivity contribution in [2.45, 2.75) is 38.8 Å². The highest BCUT2D eigenvalue weighted by Crippen LogP contribution is 2.12. The maximum Gasteiger partial charge on any atom is 0.305 e. The summed E-state index contributed by atoms with van der Waals surface area (Å²) < 4.78 is 9.66. The van der Waals surface area contributed by atoms with Crippen LogP contribution in [0.3, 0.4) is 0 Å². The molecule has 0 aromatic rings. The number of hydrogen-bond acceptors (Lipinski definition) is 4. The lowest BCUT2D eigenvalue weighted by atomic mass is 10.3. The third kappa shape index (κ3) is 5.51. The molecule has 0 heterocycles. The molecule has 0 spiro atoms. The maximum atomic E-state index is 10.1. The summed E-state index contributed by atoms with van der Waals surface area (Å²) in [5, 5.41) is 28.8. The van der Waals surface area contributed by atoms with Gasteiger partial charge in [0, 0.05) is 0 Å². The van der Waals surface area contributed by atoms with Gasteiger partial charge in [0.1, 0.15) is 12.7 Å². The molecule has 0 aromatic heterocycles. The minimum absolute atomic E-state index is 0.0544. The van der Waals surface area contributed by atoms with Crippen molar-refractivity contribution in [3.05, 3.63) is 0 Å². The van der Waals surface area contributed by atoms with Gasteiger partial charge in [0.05, 0.1) is 13.2 Å². The molecule has 14 heavy (non-hydrogen) atoms. The zero-order valence-electron chi connectivity index (χ0n) is 8.73. The lowest BCUT2D eigenvalue weighted by Gasteiger charge is -2.27. The van der Waals surface area contributed by atoms with Crippen LogP contribution in [0.15, 0.2) is 0 Å². The second-order valence-electron chi connectivity index (χ2n) is 3.08. The molecule has 1 unspecified atom stereocenters. The van der Waals surface area contributed by atoms with E-state index in [1.165, 1.54) is 6.92 Å². The Labute approximate surface area is 84.3 Å². The summed E-state index contributed by atoms with van der Waals surface area (Å²) in [6.45, 7) is 3.21. The highest BCUT2D eigenvalue weighted by Gasteiger charge is 2.33. The Hall–Kier alpha value is -0.200. The highest BCUT2D eigenvalue weighted by molar-refractivity contribution is 4.61. The number of unbranched alkanes of at least 4 members (excludes halogenated alkanes) is 1. The SMILES string of the molecule is CCCCOC(O)(O)C(C)OCC[O]. The van der Waals surface area contributed by atoms with Crippen molar-refractivity contribution in [2.24, 2.45) is 0 Å². The molecule has 0 aliphatic heterocycles. The second kappa shape index (κ2) is 7.14. The van der Waals surface area contributed by atoms with E-state index < -0.39 is 18.7 Å². The fourth-order valence-electron chi connectivity index (χ4n) is 0.818. The summed E-state index contributed by atoms with van der Waals surface area (Å²) in [4.78, 5) is 0. The van der Waals surface area contributed by atoms with Gasteiger partial charge in [-0.3, -0.25) is 0 Å². The van der Waals surface area contributed by atoms with Crippen molar-refractivity contribution in [1.82, 2.24) is 0 Å². The molecule has 0 aliphatic rings. The van der Waals surface area contributed by atoms with E-state index in [0.717, 1.165) is 12.8 Å². The van der Waals surface area contributed by atoms with Crippen molar-refractivity contribution in [2.75, 3.05) is 19.8 Å². The molecule has 5 heteroatoms. The Morgan fingerprint density at radius 3 is 2.50 bits per heavy atom. The predicted octanol–water partition coefficient (Wildman–Crippen LogP) is 0.277. The lowest BCUT2D eigenvalue weighted by Crippen LogP contribution is -2.45. The topological polar surface area (TPSA) is 78.8 Å². The van der Waals surface area contributed by atoms with Crippen LogP contribution >= 0.6 is 0 Å². The van der Waals surface area contributed by atoms with Gasteiger partial charge in [0.2, 0.25) is 0 Å². The van der Waals surface area contributed by atoms with Crippen LogP contribution in [0.2, 0.25) is 0 Å². The fraction of sp³-hybridized carbons (Fsp3) is 1.00. The van der Waals surface area contributed by atoms with Crippen molar-refractivity contribution in [1.29, 1.82) is 0 Å². The molecule has 0 saturated heterocycles. The molecule has 1 atom stereocenters. The molecule has 0 amide bonds. The summed E-state index contributed by atoms with van der Waals surface area (Å²) in [7, 11) is 0. The van der Waals surface area contributed by atoms with Gasteiger partial charge in [-0.1, -0.05) is 13.3 Å². The Morgan fingerprint density at radius 2 is 2.00 bits per heavy atom. The zero-order chi connectivity index (χ0) is 11.0. The van der Waals surface area contributed by atoms with Crippen LogP contribution in [-0.2, 0) is 14.6 Å². The summed E-state index contributed by atoms with van der Waals surface area (Å²) in [6.07, 6.45) is 0.733. The van der Waals surface area contributed by atoms with Gasteiger partial charge in [-0.15, -0.1) is 0 Å². The average molecular weight is 207 g/mol. The van der Waals surface area contributed by atoms with Crippen molar-refractivity contribution >= 4 is 0 Å². The largest absolute Gasteiger partial charge is 0.368 e. The molecule has 85 valence electrons. The van der Waals surface area contributed by atoms with Gasteiger partial charge >= 0.3 is 5.97 Å².